The zero-order valence-corrected chi connectivity index (χ0v) is 14.7. The fourth-order valence-electron chi connectivity index (χ4n) is 2.11. The molecule has 1 aromatic heterocycles. The summed E-state index contributed by atoms with van der Waals surface area (Å²) in [6.07, 6.45) is 0. The van der Waals surface area contributed by atoms with Crippen LogP contribution in [-0.2, 0) is 16.9 Å². The van der Waals surface area contributed by atoms with Crippen molar-refractivity contribution in [2.45, 2.75) is 25.9 Å². The lowest BCUT2D eigenvalue weighted by molar-refractivity contribution is -0.136. The van der Waals surface area contributed by atoms with Crippen LogP contribution in [0.5, 0.6) is 0 Å². The van der Waals surface area contributed by atoms with Gasteiger partial charge in [0.15, 0.2) is 0 Å². The zero-order valence-electron chi connectivity index (χ0n) is 12.3. The van der Waals surface area contributed by atoms with Gasteiger partial charge in [-0.05, 0) is 31.5 Å². The first kappa shape index (κ1) is 16.1. The summed E-state index contributed by atoms with van der Waals surface area (Å²) < 4.78 is 0.959. The van der Waals surface area contributed by atoms with Crippen LogP contribution in [0.3, 0.4) is 0 Å². The molecule has 0 aliphatic rings. The summed E-state index contributed by atoms with van der Waals surface area (Å²) >= 11 is 4.96. The van der Waals surface area contributed by atoms with Gasteiger partial charge in [-0.15, -0.1) is 11.3 Å². The van der Waals surface area contributed by atoms with E-state index in [1.54, 1.807) is 30.2 Å². The number of aromatic nitrogens is 1. The van der Waals surface area contributed by atoms with Gasteiger partial charge in [-0.25, -0.2) is 4.98 Å². The summed E-state index contributed by atoms with van der Waals surface area (Å²) in [7, 11) is 1.75. The number of benzene rings is 1. The third-order valence-electron chi connectivity index (χ3n) is 3.30. The highest BCUT2D eigenvalue weighted by atomic mass is 79.9. The standard InChI is InChI=1S/C15H18BrN3OS/c1-10-18-13(9-21-10)8-19(3)14(20)15(2,17)11-4-6-12(16)7-5-11/h4-7,9H,8,17H2,1-3H3. The predicted octanol–water partition coefficient (Wildman–Crippen LogP) is 3.05. The number of amides is 1. The van der Waals surface area contributed by atoms with Crippen molar-refractivity contribution in [3.05, 3.63) is 50.4 Å². The van der Waals surface area contributed by atoms with Crippen molar-refractivity contribution in [3.8, 4) is 0 Å². The number of aryl methyl sites for hydroxylation is 1. The molecule has 1 amide bonds. The number of carbonyl (C=O) groups is 1. The fourth-order valence-corrected chi connectivity index (χ4v) is 2.98. The molecule has 1 aromatic carbocycles. The van der Waals surface area contributed by atoms with Crippen LogP contribution in [0, 0.1) is 6.92 Å². The molecule has 2 N–H and O–H groups in total. The lowest BCUT2D eigenvalue weighted by Gasteiger charge is -2.29. The molecule has 112 valence electrons. The van der Waals surface area contributed by atoms with Gasteiger partial charge in [0, 0.05) is 16.9 Å². The van der Waals surface area contributed by atoms with E-state index in [4.69, 9.17) is 5.73 Å². The van der Waals surface area contributed by atoms with Crippen LogP contribution in [0.4, 0.5) is 0 Å². The second kappa shape index (κ2) is 6.25. The number of rotatable bonds is 4. The van der Waals surface area contributed by atoms with E-state index >= 15 is 0 Å². The molecule has 1 heterocycles. The van der Waals surface area contributed by atoms with Gasteiger partial charge in [0.05, 0.1) is 17.2 Å². The van der Waals surface area contributed by atoms with Gasteiger partial charge in [-0.1, -0.05) is 28.1 Å². The topological polar surface area (TPSA) is 59.2 Å². The number of nitrogens with zero attached hydrogens (tertiary/aromatic N) is 2. The van der Waals surface area contributed by atoms with Crippen molar-refractivity contribution in [2.24, 2.45) is 5.73 Å². The molecular formula is C15H18BrN3OS. The maximum absolute atomic E-state index is 12.6. The SMILES string of the molecule is Cc1nc(CN(C)C(=O)C(C)(N)c2ccc(Br)cc2)cs1. The molecule has 0 radical (unpaired) electrons. The minimum atomic E-state index is -1.06. The molecule has 21 heavy (non-hydrogen) atoms. The Labute approximate surface area is 137 Å². The van der Waals surface area contributed by atoms with Crippen molar-refractivity contribution >= 4 is 33.2 Å². The minimum Gasteiger partial charge on any atom is -0.338 e. The maximum Gasteiger partial charge on any atom is 0.247 e. The van der Waals surface area contributed by atoms with E-state index in [9.17, 15) is 4.79 Å². The van der Waals surface area contributed by atoms with Crippen molar-refractivity contribution in [1.82, 2.24) is 9.88 Å². The Morgan fingerprint density at radius 2 is 2.05 bits per heavy atom. The normalized spacial score (nSPS) is 13.8. The number of carbonyl (C=O) groups excluding carboxylic acids is 1. The van der Waals surface area contributed by atoms with Crippen LogP contribution in [0.1, 0.15) is 23.2 Å². The van der Waals surface area contributed by atoms with E-state index in [1.807, 2.05) is 36.6 Å². The van der Waals surface area contributed by atoms with Crippen LogP contribution in [-0.4, -0.2) is 22.8 Å². The third-order valence-corrected chi connectivity index (χ3v) is 4.65. The number of halogens is 1. The quantitative estimate of drug-likeness (QED) is 0.903. The van der Waals surface area contributed by atoms with Gasteiger partial charge < -0.3 is 10.6 Å². The van der Waals surface area contributed by atoms with E-state index in [1.165, 1.54) is 0 Å². The molecule has 0 saturated carbocycles. The van der Waals surface area contributed by atoms with Crippen molar-refractivity contribution in [3.63, 3.8) is 0 Å². The van der Waals surface area contributed by atoms with Gasteiger partial charge in [0.2, 0.25) is 5.91 Å². The number of likely N-dealkylation sites (N-methyl/N-ethyl adjacent to an activating group) is 1. The molecule has 0 fully saturated rings. The predicted molar refractivity (Wildman–Crippen MR) is 89.0 cm³/mol. The fraction of sp³-hybridized carbons (Fsp3) is 0.333. The highest BCUT2D eigenvalue weighted by Gasteiger charge is 2.33. The Morgan fingerprint density at radius 3 is 2.57 bits per heavy atom. The van der Waals surface area contributed by atoms with Crippen molar-refractivity contribution in [1.29, 1.82) is 0 Å². The van der Waals surface area contributed by atoms with Crippen molar-refractivity contribution < 1.29 is 4.79 Å². The third kappa shape index (κ3) is 3.70. The second-order valence-electron chi connectivity index (χ2n) is 5.23. The molecule has 1 atom stereocenters. The summed E-state index contributed by atoms with van der Waals surface area (Å²) in [6, 6.07) is 7.50. The molecule has 2 aromatic rings. The van der Waals surface area contributed by atoms with Gasteiger partial charge in [-0.2, -0.15) is 0 Å². The summed E-state index contributed by atoms with van der Waals surface area (Å²) in [5.41, 5.74) is 6.89. The van der Waals surface area contributed by atoms with E-state index in [0.717, 1.165) is 20.7 Å². The van der Waals surface area contributed by atoms with Gasteiger partial charge >= 0.3 is 0 Å². The molecule has 2 rings (SSSR count). The van der Waals surface area contributed by atoms with E-state index in [2.05, 4.69) is 20.9 Å². The van der Waals surface area contributed by atoms with Crippen LogP contribution >= 0.6 is 27.3 Å². The zero-order chi connectivity index (χ0) is 15.6. The summed E-state index contributed by atoms with van der Waals surface area (Å²) in [4.78, 5) is 18.6. The average Bonchev–Trinajstić information content (AvgIpc) is 2.83. The highest BCUT2D eigenvalue weighted by molar-refractivity contribution is 9.10. The molecule has 0 bridgehead atoms. The summed E-state index contributed by atoms with van der Waals surface area (Å²) in [5.74, 6) is -0.129. The number of thiazole rings is 1. The first-order valence-corrected chi connectivity index (χ1v) is 8.19. The monoisotopic (exact) mass is 367 g/mol. The first-order valence-electron chi connectivity index (χ1n) is 6.52. The van der Waals surface area contributed by atoms with Gasteiger partial charge in [0.1, 0.15) is 5.54 Å². The molecule has 0 spiro atoms. The van der Waals surface area contributed by atoms with Crippen LogP contribution in [0.25, 0.3) is 0 Å². The molecule has 0 saturated heterocycles. The molecule has 6 heteroatoms. The Hall–Kier alpha value is -1.24. The molecule has 0 aliphatic heterocycles. The Balaban J connectivity index is 2.15. The smallest absolute Gasteiger partial charge is 0.247 e. The Bertz CT molecular complexity index is 637. The van der Waals surface area contributed by atoms with Crippen molar-refractivity contribution in [2.75, 3.05) is 7.05 Å². The molecule has 1 unspecified atom stereocenters. The minimum absolute atomic E-state index is 0.129. The summed E-state index contributed by atoms with van der Waals surface area (Å²) in [6.45, 7) is 4.15. The lowest BCUT2D eigenvalue weighted by Crippen LogP contribution is -2.49. The highest BCUT2D eigenvalue weighted by Crippen LogP contribution is 2.23. The lowest BCUT2D eigenvalue weighted by atomic mass is 9.92. The number of nitrogens with two attached hydrogens (primary N) is 1. The second-order valence-corrected chi connectivity index (χ2v) is 7.21. The van der Waals surface area contributed by atoms with Crippen LogP contribution in [0.15, 0.2) is 34.1 Å². The number of hydrogen-bond donors (Lipinski definition) is 1. The molecule has 0 aliphatic carbocycles. The average molecular weight is 368 g/mol. The van der Waals surface area contributed by atoms with Crippen LogP contribution < -0.4 is 5.73 Å². The molecular weight excluding hydrogens is 350 g/mol. The Morgan fingerprint density at radius 1 is 1.43 bits per heavy atom. The largest absolute Gasteiger partial charge is 0.338 e. The summed E-state index contributed by atoms with van der Waals surface area (Å²) in [5, 5.41) is 2.96. The van der Waals surface area contributed by atoms with E-state index in [-0.39, 0.29) is 5.91 Å². The van der Waals surface area contributed by atoms with E-state index < -0.39 is 5.54 Å². The van der Waals surface area contributed by atoms with Gasteiger partial charge in [-0.3, -0.25) is 4.79 Å². The van der Waals surface area contributed by atoms with Crippen LogP contribution in [0.2, 0.25) is 0 Å². The van der Waals surface area contributed by atoms with Gasteiger partial charge in [0.25, 0.3) is 0 Å². The molecule has 4 nitrogen and oxygen atoms in total. The number of hydrogen-bond acceptors (Lipinski definition) is 4. The van der Waals surface area contributed by atoms with E-state index in [0.29, 0.717) is 6.54 Å². The first-order chi connectivity index (χ1) is 9.80. The maximum atomic E-state index is 12.6. The Kier molecular flexibility index (Phi) is 4.81.